The summed E-state index contributed by atoms with van der Waals surface area (Å²) < 4.78 is 2.01. The summed E-state index contributed by atoms with van der Waals surface area (Å²) in [7, 11) is 0. The fraction of sp³-hybridized carbons (Fsp3) is 0.542. The molecule has 0 fully saturated rings. The number of ketones is 1. The van der Waals surface area contributed by atoms with Gasteiger partial charge in [0.2, 0.25) is 0 Å². The van der Waals surface area contributed by atoms with E-state index in [1.165, 1.54) is 0 Å². The molecule has 5 nitrogen and oxygen atoms in total. The second-order valence-corrected chi connectivity index (χ2v) is 9.24. The zero-order chi connectivity index (χ0) is 21.3. The zero-order valence-corrected chi connectivity index (χ0v) is 18.5. The highest BCUT2D eigenvalue weighted by molar-refractivity contribution is 5.99. The molecular formula is C24H33N3O2. The first kappa shape index (κ1) is 21.3. The predicted molar refractivity (Wildman–Crippen MR) is 115 cm³/mol. The van der Waals surface area contributed by atoms with E-state index in [-0.39, 0.29) is 23.1 Å². The van der Waals surface area contributed by atoms with Crippen LogP contribution in [0, 0.1) is 13.8 Å². The van der Waals surface area contributed by atoms with Crippen molar-refractivity contribution in [3.05, 3.63) is 52.3 Å². The van der Waals surface area contributed by atoms with Crippen LogP contribution in [-0.2, 0) is 16.8 Å². The van der Waals surface area contributed by atoms with Crippen LogP contribution in [0.1, 0.15) is 85.7 Å². The van der Waals surface area contributed by atoms with E-state index < -0.39 is 6.04 Å². The van der Waals surface area contributed by atoms with Gasteiger partial charge in [0.25, 0.3) is 5.91 Å². The van der Waals surface area contributed by atoms with Crippen molar-refractivity contribution in [1.29, 1.82) is 0 Å². The third-order valence-electron chi connectivity index (χ3n) is 5.74. The lowest BCUT2D eigenvalue weighted by molar-refractivity contribution is -0.121. The minimum atomic E-state index is -0.501. The first-order valence-corrected chi connectivity index (χ1v) is 10.6. The Morgan fingerprint density at radius 1 is 1.28 bits per heavy atom. The minimum absolute atomic E-state index is 0.0314. The number of nitrogens with zero attached hydrogens (tertiary/aromatic N) is 2. The van der Waals surface area contributed by atoms with Gasteiger partial charge in [-0.2, -0.15) is 5.10 Å². The van der Waals surface area contributed by atoms with Gasteiger partial charge < -0.3 is 5.32 Å². The molecule has 3 rings (SSSR count). The van der Waals surface area contributed by atoms with E-state index in [9.17, 15) is 9.59 Å². The second kappa shape index (κ2) is 8.13. The van der Waals surface area contributed by atoms with Gasteiger partial charge in [0.15, 0.2) is 5.78 Å². The summed E-state index contributed by atoms with van der Waals surface area (Å²) in [5, 5.41) is 7.85. The van der Waals surface area contributed by atoms with Crippen LogP contribution in [0.5, 0.6) is 0 Å². The molecule has 1 amide bonds. The third kappa shape index (κ3) is 4.29. The molecule has 1 aliphatic rings. The number of amides is 1. The number of carbonyl (C=O) groups excluding carboxylic acids is 2. The van der Waals surface area contributed by atoms with Gasteiger partial charge in [-0.05, 0) is 53.2 Å². The Balaban J connectivity index is 1.98. The molecule has 1 N–H and O–H groups in total. The number of rotatable bonds is 5. The second-order valence-electron chi connectivity index (χ2n) is 9.24. The number of fused-ring (bicyclic) bond motifs is 1. The van der Waals surface area contributed by atoms with Gasteiger partial charge in [-0.3, -0.25) is 14.3 Å². The van der Waals surface area contributed by atoms with Crippen molar-refractivity contribution in [2.45, 2.75) is 84.7 Å². The number of hydrogen-bond donors (Lipinski definition) is 1. The fourth-order valence-electron chi connectivity index (χ4n) is 4.39. The van der Waals surface area contributed by atoms with Gasteiger partial charge in [0, 0.05) is 17.0 Å². The van der Waals surface area contributed by atoms with Gasteiger partial charge in [0.1, 0.15) is 0 Å². The summed E-state index contributed by atoms with van der Waals surface area (Å²) in [6.07, 6.45) is 3.23. The highest BCUT2D eigenvalue weighted by Crippen LogP contribution is 2.38. The van der Waals surface area contributed by atoms with Crippen molar-refractivity contribution in [1.82, 2.24) is 15.1 Å². The van der Waals surface area contributed by atoms with Crippen molar-refractivity contribution in [3.63, 3.8) is 0 Å². The maximum Gasteiger partial charge on any atom is 0.251 e. The van der Waals surface area contributed by atoms with Crippen molar-refractivity contribution in [2.75, 3.05) is 0 Å². The lowest BCUT2D eigenvalue weighted by atomic mass is 9.77. The van der Waals surface area contributed by atoms with Crippen molar-refractivity contribution in [3.8, 4) is 0 Å². The Morgan fingerprint density at radius 3 is 2.62 bits per heavy atom. The van der Waals surface area contributed by atoms with Gasteiger partial charge in [0.05, 0.1) is 29.4 Å². The van der Waals surface area contributed by atoms with Crippen LogP contribution < -0.4 is 5.32 Å². The summed E-state index contributed by atoms with van der Waals surface area (Å²) in [6.45, 7) is 12.5. The van der Waals surface area contributed by atoms with Crippen LogP contribution in [0.25, 0.3) is 0 Å². The van der Waals surface area contributed by atoms with Gasteiger partial charge in [-0.1, -0.05) is 37.5 Å². The summed E-state index contributed by atoms with van der Waals surface area (Å²) >= 11 is 0. The van der Waals surface area contributed by atoms with Crippen LogP contribution in [-0.4, -0.2) is 27.5 Å². The van der Waals surface area contributed by atoms with Crippen LogP contribution in [0.3, 0.4) is 0 Å². The zero-order valence-electron chi connectivity index (χ0n) is 18.5. The molecule has 2 atom stereocenters. The first-order chi connectivity index (χ1) is 13.6. The fourth-order valence-corrected chi connectivity index (χ4v) is 4.39. The molecule has 1 aromatic heterocycles. The van der Waals surface area contributed by atoms with E-state index in [0.29, 0.717) is 12.0 Å². The molecule has 5 heteroatoms. The van der Waals surface area contributed by atoms with Gasteiger partial charge in [-0.25, -0.2) is 0 Å². The van der Waals surface area contributed by atoms with E-state index in [0.717, 1.165) is 41.8 Å². The van der Waals surface area contributed by atoms with Crippen molar-refractivity contribution in [2.24, 2.45) is 0 Å². The number of aromatic nitrogens is 2. The molecule has 0 spiro atoms. The lowest BCUT2D eigenvalue weighted by Crippen LogP contribution is -2.48. The van der Waals surface area contributed by atoms with E-state index >= 15 is 0 Å². The molecule has 29 heavy (non-hydrogen) atoms. The van der Waals surface area contributed by atoms with E-state index in [4.69, 9.17) is 5.10 Å². The Hall–Kier alpha value is -2.43. The van der Waals surface area contributed by atoms with E-state index in [2.05, 4.69) is 33.0 Å². The third-order valence-corrected chi connectivity index (χ3v) is 5.74. The SMILES string of the molecule is CCCC[C@H]1c2c(C)nn(C(C)(C)C)c2CC(=O)[C@H]1NC(=O)c1cccc(C)c1. The predicted octanol–water partition coefficient (Wildman–Crippen LogP) is 4.45. The Kier molecular flexibility index (Phi) is 5.97. The summed E-state index contributed by atoms with van der Waals surface area (Å²) in [4.78, 5) is 26.1. The average molecular weight is 396 g/mol. The molecule has 0 bridgehead atoms. The van der Waals surface area contributed by atoms with Gasteiger partial charge >= 0.3 is 0 Å². The molecule has 0 unspecified atom stereocenters. The molecular weight excluding hydrogens is 362 g/mol. The molecule has 1 heterocycles. The highest BCUT2D eigenvalue weighted by atomic mass is 16.2. The normalized spacial score (nSPS) is 19.2. The first-order valence-electron chi connectivity index (χ1n) is 10.6. The lowest BCUT2D eigenvalue weighted by Gasteiger charge is -2.33. The van der Waals surface area contributed by atoms with E-state index in [1.54, 1.807) is 6.07 Å². The molecule has 0 radical (unpaired) electrons. The maximum absolute atomic E-state index is 13.2. The monoisotopic (exact) mass is 395 g/mol. The quantitative estimate of drug-likeness (QED) is 0.813. The van der Waals surface area contributed by atoms with Crippen molar-refractivity contribution < 1.29 is 9.59 Å². The average Bonchev–Trinajstić information content (AvgIpc) is 2.98. The Labute approximate surface area is 173 Å². The topological polar surface area (TPSA) is 64.0 Å². The molecule has 2 aromatic rings. The van der Waals surface area contributed by atoms with E-state index in [1.807, 2.05) is 36.7 Å². The molecule has 0 saturated carbocycles. The molecule has 0 aliphatic heterocycles. The Morgan fingerprint density at radius 2 is 2.00 bits per heavy atom. The van der Waals surface area contributed by atoms with Crippen LogP contribution >= 0.6 is 0 Å². The van der Waals surface area contributed by atoms with Crippen LogP contribution in [0.4, 0.5) is 0 Å². The molecule has 1 aromatic carbocycles. The number of aryl methyl sites for hydroxylation is 2. The molecule has 0 saturated heterocycles. The number of benzene rings is 1. The summed E-state index contributed by atoms with van der Waals surface area (Å²) in [6, 6.07) is 6.99. The molecule has 1 aliphatic carbocycles. The number of Topliss-reactive ketones (excluding diaryl/α,β-unsaturated/α-hetero) is 1. The number of hydrogen-bond acceptors (Lipinski definition) is 3. The van der Waals surface area contributed by atoms with Crippen LogP contribution in [0.15, 0.2) is 24.3 Å². The maximum atomic E-state index is 13.2. The number of carbonyl (C=O) groups is 2. The summed E-state index contributed by atoms with van der Waals surface area (Å²) in [5.41, 5.74) is 4.58. The van der Waals surface area contributed by atoms with Crippen LogP contribution in [0.2, 0.25) is 0 Å². The smallest absolute Gasteiger partial charge is 0.251 e. The standard InChI is InChI=1S/C24H33N3O2/c1-7-8-12-18-21-16(3)26-27(24(4,5)6)19(21)14-20(28)22(18)25-23(29)17-11-9-10-15(2)13-17/h9-11,13,18,22H,7-8,12,14H2,1-6H3,(H,25,29)/t18-,22-/m0/s1. The van der Waals surface area contributed by atoms with Gasteiger partial charge in [-0.15, -0.1) is 0 Å². The molecule has 156 valence electrons. The highest BCUT2D eigenvalue weighted by Gasteiger charge is 2.41. The van der Waals surface area contributed by atoms with Crippen molar-refractivity contribution >= 4 is 11.7 Å². The number of nitrogens with one attached hydrogen (secondary N) is 1. The number of unbranched alkanes of at least 4 members (excludes halogenated alkanes) is 1. The largest absolute Gasteiger partial charge is 0.342 e. The summed E-state index contributed by atoms with van der Waals surface area (Å²) in [5.74, 6) is -0.140. The Bertz CT molecular complexity index is 921. The minimum Gasteiger partial charge on any atom is -0.342 e.